The highest BCUT2D eigenvalue weighted by Gasteiger charge is 2.19. The van der Waals surface area contributed by atoms with Crippen LogP contribution < -0.4 is 20.1 Å². The van der Waals surface area contributed by atoms with E-state index in [1.165, 1.54) is 12.3 Å². The second-order valence-electron chi connectivity index (χ2n) is 5.84. The Hall–Kier alpha value is -2.49. The maximum absolute atomic E-state index is 12.1. The van der Waals surface area contributed by atoms with Gasteiger partial charge in [0.1, 0.15) is 11.9 Å². The molecule has 1 fully saturated rings. The minimum Gasteiger partial charge on any atom is -0.473 e. The molecule has 2 aromatic heterocycles. The molecule has 1 aliphatic heterocycles. The number of rotatable bonds is 6. The van der Waals surface area contributed by atoms with Gasteiger partial charge in [-0.1, -0.05) is 0 Å². The van der Waals surface area contributed by atoms with Gasteiger partial charge in [0.25, 0.3) is 0 Å². The average molecular weight is 354 g/mol. The molecule has 2 atom stereocenters. The van der Waals surface area contributed by atoms with Crippen LogP contribution in [0.15, 0.2) is 18.5 Å². The minimum absolute atomic E-state index is 0.0766. The number of halogens is 2. The lowest BCUT2D eigenvalue weighted by Crippen LogP contribution is -2.28. The van der Waals surface area contributed by atoms with E-state index in [0.29, 0.717) is 23.6 Å². The molecule has 0 aliphatic carbocycles. The third-order valence-corrected chi connectivity index (χ3v) is 3.74. The first-order valence-electron chi connectivity index (χ1n) is 8.08. The Balaban J connectivity index is 1.62. The predicted octanol–water partition coefficient (Wildman–Crippen LogP) is 2.45. The van der Waals surface area contributed by atoms with Crippen LogP contribution in [0, 0.1) is 0 Å². The fourth-order valence-electron chi connectivity index (χ4n) is 2.67. The molecule has 0 amide bonds. The monoisotopic (exact) mass is 354 g/mol. The van der Waals surface area contributed by atoms with Gasteiger partial charge in [-0.2, -0.15) is 13.8 Å². The summed E-state index contributed by atoms with van der Waals surface area (Å²) in [4.78, 5) is 8.43. The van der Waals surface area contributed by atoms with E-state index in [2.05, 4.69) is 42.5 Å². The van der Waals surface area contributed by atoms with Gasteiger partial charge in [0.05, 0.1) is 12.4 Å². The summed E-state index contributed by atoms with van der Waals surface area (Å²) in [5, 5.41) is 12.5. The van der Waals surface area contributed by atoms with Crippen LogP contribution in [0.5, 0.6) is 11.8 Å². The molecule has 1 saturated heterocycles. The summed E-state index contributed by atoms with van der Waals surface area (Å²) in [7, 11) is 0. The predicted molar refractivity (Wildman–Crippen MR) is 86.3 cm³/mol. The molecule has 0 bridgehead atoms. The van der Waals surface area contributed by atoms with Gasteiger partial charge in [0.15, 0.2) is 5.82 Å². The third kappa shape index (κ3) is 5.24. The average Bonchev–Trinajstić information content (AvgIpc) is 2.87. The van der Waals surface area contributed by atoms with Crippen molar-refractivity contribution >= 4 is 11.6 Å². The first-order chi connectivity index (χ1) is 12.1. The highest BCUT2D eigenvalue weighted by Crippen LogP contribution is 2.21. The summed E-state index contributed by atoms with van der Waals surface area (Å²) in [6.07, 6.45) is 6.01. The molecule has 8 nitrogen and oxygen atoms in total. The van der Waals surface area contributed by atoms with E-state index >= 15 is 0 Å². The van der Waals surface area contributed by atoms with Crippen molar-refractivity contribution in [2.75, 3.05) is 11.9 Å². The second-order valence-corrected chi connectivity index (χ2v) is 5.84. The number of nitrogens with one attached hydrogen (secondary N) is 3. The van der Waals surface area contributed by atoms with Crippen LogP contribution in [-0.2, 0) is 0 Å². The largest absolute Gasteiger partial charge is 0.473 e. The Morgan fingerprint density at radius 3 is 3.04 bits per heavy atom. The number of nitrogens with zero attached hydrogens (tertiary/aromatic N) is 3. The first-order valence-corrected chi connectivity index (χ1v) is 8.08. The van der Waals surface area contributed by atoms with Crippen molar-refractivity contribution in [2.24, 2.45) is 0 Å². The summed E-state index contributed by atoms with van der Waals surface area (Å²) < 4.78 is 34.4. The molecule has 136 valence electrons. The maximum Gasteiger partial charge on any atom is 0.388 e. The molecular weight excluding hydrogens is 334 g/mol. The highest BCUT2D eigenvalue weighted by atomic mass is 19.3. The molecular formula is C15H20F2N6O2. The Kier molecular flexibility index (Phi) is 5.59. The van der Waals surface area contributed by atoms with E-state index in [-0.39, 0.29) is 12.0 Å². The first kappa shape index (κ1) is 17.3. The fourth-order valence-corrected chi connectivity index (χ4v) is 2.67. The van der Waals surface area contributed by atoms with Crippen molar-refractivity contribution in [1.29, 1.82) is 0 Å². The van der Waals surface area contributed by atoms with E-state index in [1.807, 2.05) is 0 Å². The molecule has 1 aliphatic rings. The van der Waals surface area contributed by atoms with Crippen molar-refractivity contribution in [3.05, 3.63) is 18.5 Å². The summed E-state index contributed by atoms with van der Waals surface area (Å²) in [5.74, 6) is 0.962. The van der Waals surface area contributed by atoms with Crippen LogP contribution in [0.4, 0.5) is 20.4 Å². The Morgan fingerprint density at radius 1 is 1.32 bits per heavy atom. The smallest absolute Gasteiger partial charge is 0.388 e. The zero-order valence-corrected chi connectivity index (χ0v) is 13.7. The Morgan fingerprint density at radius 2 is 2.20 bits per heavy atom. The van der Waals surface area contributed by atoms with Crippen LogP contribution in [-0.4, -0.2) is 45.5 Å². The van der Waals surface area contributed by atoms with Gasteiger partial charge in [-0.25, -0.2) is 0 Å². The Labute approximate surface area is 143 Å². The number of alkyl halides is 2. The number of H-pyrrole nitrogens is 1. The summed E-state index contributed by atoms with van der Waals surface area (Å²) in [6, 6.07) is 1.69. The second kappa shape index (κ2) is 8.06. The van der Waals surface area contributed by atoms with Crippen molar-refractivity contribution in [2.45, 2.75) is 44.9 Å². The number of hydrogen-bond donors (Lipinski definition) is 3. The molecule has 10 heteroatoms. The zero-order chi connectivity index (χ0) is 17.6. The number of aromatic nitrogens is 4. The SMILES string of the molecule is C[C@@H]1C[C@H](Oc2cncc(Nc3cc(OC(F)F)n[nH]3)n2)CCCN1. The van der Waals surface area contributed by atoms with Gasteiger partial charge in [-0.3, -0.25) is 10.1 Å². The van der Waals surface area contributed by atoms with Gasteiger partial charge in [0, 0.05) is 12.1 Å². The van der Waals surface area contributed by atoms with Crippen LogP contribution in [0.3, 0.4) is 0 Å². The van der Waals surface area contributed by atoms with Crippen molar-refractivity contribution in [1.82, 2.24) is 25.5 Å². The van der Waals surface area contributed by atoms with Gasteiger partial charge < -0.3 is 20.1 Å². The van der Waals surface area contributed by atoms with Crippen molar-refractivity contribution in [3.63, 3.8) is 0 Å². The molecule has 3 N–H and O–H groups in total. The van der Waals surface area contributed by atoms with E-state index in [0.717, 1.165) is 25.8 Å². The van der Waals surface area contributed by atoms with E-state index in [1.54, 1.807) is 6.20 Å². The van der Waals surface area contributed by atoms with Crippen LogP contribution in [0.2, 0.25) is 0 Å². The molecule has 3 rings (SSSR count). The van der Waals surface area contributed by atoms with Crippen molar-refractivity contribution < 1.29 is 18.3 Å². The van der Waals surface area contributed by atoms with Crippen LogP contribution in [0.1, 0.15) is 26.2 Å². The standard InChI is InChI=1S/C15H20F2N6O2/c1-9-5-10(3-2-4-19-9)24-14-8-18-7-12(21-14)20-11-6-13(23-22-11)25-15(16)17/h6-10,15,19H,2-5H2,1H3,(H2,20,21,22,23)/t9-,10-/m1/s1. The molecule has 0 aromatic carbocycles. The third-order valence-electron chi connectivity index (χ3n) is 3.74. The molecule has 0 spiro atoms. The van der Waals surface area contributed by atoms with E-state index in [9.17, 15) is 8.78 Å². The molecule has 3 heterocycles. The minimum atomic E-state index is -2.93. The molecule has 0 saturated carbocycles. The van der Waals surface area contributed by atoms with Crippen molar-refractivity contribution in [3.8, 4) is 11.8 Å². The quantitative estimate of drug-likeness (QED) is 0.733. The number of ether oxygens (including phenoxy) is 2. The van der Waals surface area contributed by atoms with Gasteiger partial charge in [0.2, 0.25) is 11.8 Å². The van der Waals surface area contributed by atoms with Gasteiger partial charge in [-0.05, 0) is 32.7 Å². The number of hydrogen-bond acceptors (Lipinski definition) is 7. The normalized spacial score (nSPS) is 21.0. The highest BCUT2D eigenvalue weighted by molar-refractivity contribution is 5.51. The zero-order valence-electron chi connectivity index (χ0n) is 13.7. The lowest BCUT2D eigenvalue weighted by Gasteiger charge is -2.18. The number of anilines is 2. The lowest BCUT2D eigenvalue weighted by atomic mass is 10.1. The lowest BCUT2D eigenvalue weighted by molar-refractivity contribution is -0.0528. The number of aromatic amines is 1. The summed E-state index contributed by atoms with van der Waals surface area (Å²) in [5.41, 5.74) is 0. The van der Waals surface area contributed by atoms with Gasteiger partial charge >= 0.3 is 6.61 Å². The van der Waals surface area contributed by atoms with E-state index < -0.39 is 6.61 Å². The topological polar surface area (TPSA) is 97.0 Å². The maximum atomic E-state index is 12.1. The molecule has 0 unspecified atom stereocenters. The van der Waals surface area contributed by atoms with Gasteiger partial charge in [-0.15, -0.1) is 5.10 Å². The summed E-state index contributed by atoms with van der Waals surface area (Å²) >= 11 is 0. The van der Waals surface area contributed by atoms with Crippen LogP contribution >= 0.6 is 0 Å². The molecule has 25 heavy (non-hydrogen) atoms. The summed E-state index contributed by atoms with van der Waals surface area (Å²) in [6.45, 7) is 0.184. The molecule has 2 aromatic rings. The van der Waals surface area contributed by atoms with Crippen LogP contribution in [0.25, 0.3) is 0 Å². The molecule has 0 radical (unpaired) electrons. The Bertz CT molecular complexity index is 684. The fraction of sp³-hybridized carbons (Fsp3) is 0.533. The van der Waals surface area contributed by atoms with E-state index in [4.69, 9.17) is 4.74 Å².